The van der Waals surface area contributed by atoms with E-state index in [-0.39, 0.29) is 23.3 Å². The Morgan fingerprint density at radius 1 is 1.38 bits per heavy atom. The SMILES string of the molecule is COc1nc(N[C@H]2CCCc3c(Br)cccc32)c(C(F)(F)F)cc1C#N. The summed E-state index contributed by atoms with van der Waals surface area (Å²) in [5, 5.41) is 12.0. The lowest BCUT2D eigenvalue weighted by Gasteiger charge is -2.28. The van der Waals surface area contributed by atoms with Crippen LogP contribution in [0.1, 0.15) is 41.1 Å². The van der Waals surface area contributed by atoms with E-state index in [4.69, 9.17) is 10.00 Å². The first-order chi connectivity index (χ1) is 12.3. The van der Waals surface area contributed by atoms with Crippen molar-refractivity contribution in [3.63, 3.8) is 0 Å². The van der Waals surface area contributed by atoms with Crippen LogP contribution in [0, 0.1) is 11.3 Å². The zero-order valence-corrected chi connectivity index (χ0v) is 15.4. The molecule has 1 aliphatic rings. The van der Waals surface area contributed by atoms with Crippen LogP contribution in [0.2, 0.25) is 0 Å². The second-order valence-corrected chi connectivity index (χ2v) is 6.80. The topological polar surface area (TPSA) is 57.9 Å². The van der Waals surface area contributed by atoms with Crippen LogP contribution < -0.4 is 10.1 Å². The highest BCUT2D eigenvalue weighted by Gasteiger charge is 2.37. The summed E-state index contributed by atoms with van der Waals surface area (Å²) in [5.41, 5.74) is 0.809. The molecule has 4 nitrogen and oxygen atoms in total. The number of hydrogen-bond acceptors (Lipinski definition) is 4. The normalized spacial score (nSPS) is 16.5. The molecule has 8 heteroatoms. The van der Waals surface area contributed by atoms with Crippen LogP contribution >= 0.6 is 15.9 Å². The van der Waals surface area contributed by atoms with Crippen molar-refractivity contribution in [2.24, 2.45) is 0 Å². The van der Waals surface area contributed by atoms with E-state index < -0.39 is 11.7 Å². The zero-order valence-electron chi connectivity index (χ0n) is 13.8. The number of alkyl halides is 3. The number of methoxy groups -OCH3 is 1. The first-order valence-electron chi connectivity index (χ1n) is 7.95. The summed E-state index contributed by atoms with van der Waals surface area (Å²) in [7, 11) is 1.27. The maximum atomic E-state index is 13.5. The van der Waals surface area contributed by atoms with Crippen LogP contribution in [-0.4, -0.2) is 12.1 Å². The van der Waals surface area contributed by atoms with E-state index in [0.29, 0.717) is 6.42 Å². The number of ether oxygens (including phenoxy) is 1. The highest BCUT2D eigenvalue weighted by molar-refractivity contribution is 9.10. The monoisotopic (exact) mass is 425 g/mol. The van der Waals surface area contributed by atoms with E-state index in [1.54, 1.807) is 6.07 Å². The largest absolute Gasteiger partial charge is 0.480 e. The summed E-state index contributed by atoms with van der Waals surface area (Å²) in [5.74, 6) is -0.459. The molecule has 1 atom stereocenters. The van der Waals surface area contributed by atoms with Gasteiger partial charge in [-0.2, -0.15) is 23.4 Å². The van der Waals surface area contributed by atoms with Gasteiger partial charge in [-0.05, 0) is 42.5 Å². The molecule has 0 saturated carbocycles. The minimum atomic E-state index is -4.64. The van der Waals surface area contributed by atoms with Gasteiger partial charge in [0.25, 0.3) is 0 Å². The highest BCUT2D eigenvalue weighted by atomic mass is 79.9. The average Bonchev–Trinajstić information content (AvgIpc) is 2.61. The van der Waals surface area contributed by atoms with Crippen molar-refractivity contribution in [2.75, 3.05) is 12.4 Å². The molecule has 1 aliphatic carbocycles. The molecular formula is C18H15BrF3N3O. The van der Waals surface area contributed by atoms with Gasteiger partial charge in [-0.1, -0.05) is 28.1 Å². The predicted molar refractivity (Wildman–Crippen MR) is 93.9 cm³/mol. The Balaban J connectivity index is 2.06. The van der Waals surface area contributed by atoms with Crippen LogP contribution in [-0.2, 0) is 12.6 Å². The van der Waals surface area contributed by atoms with Gasteiger partial charge in [-0.3, -0.25) is 0 Å². The van der Waals surface area contributed by atoms with Crippen molar-refractivity contribution in [1.29, 1.82) is 5.26 Å². The van der Waals surface area contributed by atoms with E-state index >= 15 is 0 Å². The maximum Gasteiger partial charge on any atom is 0.419 e. The summed E-state index contributed by atoms with van der Waals surface area (Å²) >= 11 is 3.50. The number of benzene rings is 1. The Labute approximate surface area is 157 Å². The number of nitrogens with zero attached hydrogens (tertiary/aromatic N) is 2. The van der Waals surface area contributed by atoms with Crippen molar-refractivity contribution in [3.8, 4) is 11.9 Å². The van der Waals surface area contributed by atoms with Gasteiger partial charge < -0.3 is 10.1 Å². The summed E-state index contributed by atoms with van der Waals surface area (Å²) in [4.78, 5) is 3.93. The molecule has 0 saturated heterocycles. The average molecular weight is 426 g/mol. The molecule has 1 N–H and O–H groups in total. The lowest BCUT2D eigenvalue weighted by molar-refractivity contribution is -0.137. The predicted octanol–water partition coefficient (Wildman–Crippen LogP) is 5.23. The van der Waals surface area contributed by atoms with Gasteiger partial charge in [0.1, 0.15) is 17.5 Å². The molecule has 0 amide bonds. The van der Waals surface area contributed by atoms with Gasteiger partial charge in [-0.15, -0.1) is 0 Å². The van der Waals surface area contributed by atoms with Crippen molar-refractivity contribution < 1.29 is 17.9 Å². The van der Waals surface area contributed by atoms with Gasteiger partial charge in [-0.25, -0.2) is 0 Å². The molecule has 0 fully saturated rings. The Hall–Kier alpha value is -2.27. The number of fused-ring (bicyclic) bond motifs is 1. The van der Waals surface area contributed by atoms with Crippen LogP contribution in [0.5, 0.6) is 5.88 Å². The van der Waals surface area contributed by atoms with Crippen LogP contribution in [0.15, 0.2) is 28.7 Å². The molecule has 0 bridgehead atoms. The molecule has 2 aromatic rings. The van der Waals surface area contributed by atoms with E-state index in [2.05, 4.69) is 26.2 Å². The Kier molecular flexibility index (Phi) is 5.10. The van der Waals surface area contributed by atoms with Crippen molar-refractivity contribution in [1.82, 2.24) is 4.98 Å². The number of aromatic nitrogens is 1. The van der Waals surface area contributed by atoms with Gasteiger partial charge in [0.15, 0.2) is 0 Å². The number of anilines is 1. The maximum absolute atomic E-state index is 13.5. The molecule has 0 aliphatic heterocycles. The fraction of sp³-hybridized carbons (Fsp3) is 0.333. The van der Waals surface area contributed by atoms with E-state index in [1.165, 1.54) is 7.11 Å². The summed E-state index contributed by atoms with van der Waals surface area (Å²) in [6.45, 7) is 0. The third-order valence-corrected chi connectivity index (χ3v) is 5.11. The summed E-state index contributed by atoms with van der Waals surface area (Å²) < 4.78 is 46.4. The fourth-order valence-electron chi connectivity index (χ4n) is 3.18. The quantitative estimate of drug-likeness (QED) is 0.730. The molecule has 26 heavy (non-hydrogen) atoms. The molecule has 136 valence electrons. The van der Waals surface area contributed by atoms with Crippen molar-refractivity contribution in [3.05, 3.63) is 51.0 Å². The second kappa shape index (κ2) is 7.16. The first kappa shape index (κ1) is 18.5. The Morgan fingerprint density at radius 2 is 2.15 bits per heavy atom. The van der Waals surface area contributed by atoms with Gasteiger partial charge in [0, 0.05) is 4.47 Å². The molecule has 1 aromatic carbocycles. The summed E-state index contributed by atoms with van der Waals surface area (Å²) in [6.07, 6.45) is -2.24. The standard InChI is InChI=1S/C18H15BrF3N3O/c1-26-17-10(9-23)8-13(18(20,21)22)16(25-17)24-15-7-3-4-11-12(15)5-2-6-14(11)19/h2,5-6,8,15H,3-4,7H2,1H3,(H,24,25)/t15-/m0/s1. The number of nitriles is 1. The van der Waals surface area contributed by atoms with Crippen molar-refractivity contribution >= 4 is 21.7 Å². The van der Waals surface area contributed by atoms with Crippen LogP contribution in [0.3, 0.4) is 0 Å². The third kappa shape index (κ3) is 3.49. The van der Waals surface area contributed by atoms with Gasteiger partial charge in [0.2, 0.25) is 5.88 Å². The highest BCUT2D eigenvalue weighted by Crippen LogP contribution is 2.40. The lowest BCUT2D eigenvalue weighted by atomic mass is 9.87. The Bertz CT molecular complexity index is 877. The number of hydrogen-bond donors (Lipinski definition) is 1. The molecule has 0 unspecified atom stereocenters. The number of halogens is 4. The van der Waals surface area contributed by atoms with E-state index in [0.717, 1.165) is 34.5 Å². The minimum Gasteiger partial charge on any atom is -0.480 e. The Morgan fingerprint density at radius 3 is 2.81 bits per heavy atom. The number of nitrogens with one attached hydrogen (secondary N) is 1. The number of rotatable bonds is 3. The van der Waals surface area contributed by atoms with E-state index in [1.807, 2.05) is 18.2 Å². The fourth-order valence-corrected chi connectivity index (χ4v) is 3.76. The molecule has 3 rings (SSSR count). The summed E-state index contributed by atoms with van der Waals surface area (Å²) in [6, 6.07) is 7.86. The third-order valence-electron chi connectivity index (χ3n) is 4.37. The van der Waals surface area contributed by atoms with E-state index in [9.17, 15) is 13.2 Å². The number of pyridine rings is 1. The molecular weight excluding hydrogens is 411 g/mol. The van der Waals surface area contributed by atoms with Crippen LogP contribution in [0.25, 0.3) is 0 Å². The molecule has 0 spiro atoms. The van der Waals surface area contributed by atoms with Gasteiger partial charge in [0.05, 0.1) is 18.7 Å². The van der Waals surface area contributed by atoms with Crippen molar-refractivity contribution in [2.45, 2.75) is 31.5 Å². The lowest BCUT2D eigenvalue weighted by Crippen LogP contribution is -2.21. The van der Waals surface area contributed by atoms with Gasteiger partial charge >= 0.3 is 6.18 Å². The first-order valence-corrected chi connectivity index (χ1v) is 8.74. The molecule has 1 aromatic heterocycles. The smallest absolute Gasteiger partial charge is 0.419 e. The minimum absolute atomic E-state index is 0.131. The zero-order chi connectivity index (χ0) is 18.9. The van der Waals surface area contributed by atoms with Crippen LogP contribution in [0.4, 0.5) is 19.0 Å². The molecule has 1 heterocycles. The molecule has 0 radical (unpaired) electrons. The second-order valence-electron chi connectivity index (χ2n) is 5.95.